The summed E-state index contributed by atoms with van der Waals surface area (Å²) in [7, 11) is -6.10. The summed E-state index contributed by atoms with van der Waals surface area (Å²) in [6, 6.07) is 51.5. The van der Waals surface area contributed by atoms with Gasteiger partial charge in [0.05, 0.1) is 0 Å². The third-order valence-electron chi connectivity index (χ3n) is 7.62. The van der Waals surface area contributed by atoms with Gasteiger partial charge in [0.15, 0.2) is 14.3 Å². The van der Waals surface area contributed by atoms with E-state index in [1.165, 1.54) is 0 Å². The maximum atomic E-state index is 14.8. The molecule has 0 N–H and O–H groups in total. The molecule has 0 saturated heterocycles. The maximum absolute atomic E-state index is 14.8. The summed E-state index contributed by atoms with van der Waals surface area (Å²) in [5.74, 6) is 0. The van der Waals surface area contributed by atoms with E-state index in [-0.39, 0.29) is 0 Å². The van der Waals surface area contributed by atoms with E-state index in [1.54, 1.807) is 0 Å². The fraction of sp³-hybridized carbons (Fsp3) is 0.0270. The number of hydrogen-bond acceptors (Lipinski definition) is 2. The predicted octanol–water partition coefficient (Wildman–Crippen LogP) is 7.55. The molecule has 6 aromatic carbocycles. The Bertz CT molecular complexity index is 1760. The molecular weight excluding hydrogens is 665 g/mol. The summed E-state index contributed by atoms with van der Waals surface area (Å²) in [5.41, 5.74) is 3.16. The highest BCUT2D eigenvalue weighted by molar-refractivity contribution is 14.1. The van der Waals surface area contributed by atoms with Gasteiger partial charge in [-0.3, -0.25) is 0 Å². The molecule has 42 heavy (non-hydrogen) atoms. The van der Waals surface area contributed by atoms with Gasteiger partial charge in [-0.2, -0.15) is 0 Å². The van der Waals surface area contributed by atoms with E-state index in [9.17, 15) is 9.13 Å². The van der Waals surface area contributed by atoms with Gasteiger partial charge in [0, 0.05) is 35.4 Å². The van der Waals surface area contributed by atoms with Gasteiger partial charge in [0.1, 0.15) is 0 Å². The number of halogens is 1. The lowest BCUT2D eigenvalue weighted by atomic mass is 10.1. The fourth-order valence-corrected chi connectivity index (χ4v) is 10.9. The zero-order valence-electron chi connectivity index (χ0n) is 23.1. The van der Waals surface area contributed by atoms with Crippen molar-refractivity contribution in [2.75, 3.05) is 0 Å². The molecule has 0 amide bonds. The predicted molar refractivity (Wildman–Crippen MR) is 188 cm³/mol. The number of aryl methyl sites for hydroxylation is 1. The Hall–Kier alpha value is -3.49. The second-order valence-electron chi connectivity index (χ2n) is 10.3. The Labute approximate surface area is 261 Å². The third-order valence-corrected chi connectivity index (χ3v) is 14.5. The molecule has 0 aliphatic heterocycles. The zero-order valence-corrected chi connectivity index (χ0v) is 27.0. The van der Waals surface area contributed by atoms with Crippen molar-refractivity contribution in [3.8, 4) is 11.1 Å². The SMILES string of the molecule is Cc1ccc(P(=O)(c2ccccc2)c2ccc(-c3ccc(P(=O)(c4ccccc4)c4ccc(I)cc4)cc3)cc2)cc1. The van der Waals surface area contributed by atoms with E-state index in [0.717, 1.165) is 52.1 Å². The van der Waals surface area contributed by atoms with Gasteiger partial charge in [-0.1, -0.05) is 139 Å². The summed E-state index contributed by atoms with van der Waals surface area (Å²) < 4.78 is 30.7. The van der Waals surface area contributed by atoms with E-state index in [2.05, 4.69) is 22.6 Å². The van der Waals surface area contributed by atoms with Crippen LogP contribution in [0.5, 0.6) is 0 Å². The van der Waals surface area contributed by atoms with Crippen molar-refractivity contribution in [1.82, 2.24) is 0 Å². The van der Waals surface area contributed by atoms with Crippen LogP contribution in [0.25, 0.3) is 11.1 Å². The quantitative estimate of drug-likeness (QED) is 0.128. The van der Waals surface area contributed by atoms with Crippen LogP contribution in [-0.2, 0) is 9.13 Å². The van der Waals surface area contributed by atoms with Crippen molar-refractivity contribution in [1.29, 1.82) is 0 Å². The number of hydrogen-bond donors (Lipinski definition) is 0. The lowest BCUT2D eigenvalue weighted by Crippen LogP contribution is -2.25. The summed E-state index contributed by atoms with van der Waals surface area (Å²) >= 11 is 2.27. The van der Waals surface area contributed by atoms with E-state index in [4.69, 9.17) is 0 Å². The monoisotopic (exact) mass is 694 g/mol. The zero-order chi connectivity index (χ0) is 29.2. The van der Waals surface area contributed by atoms with Gasteiger partial charge >= 0.3 is 0 Å². The van der Waals surface area contributed by atoms with Crippen LogP contribution in [-0.4, -0.2) is 0 Å². The standard InChI is InChI=1S/C37H29IO2P2/c1-28-12-20-34(21-13-28)41(39,32-8-4-2-5-9-32)35-22-14-29(15-23-35)30-16-24-36(25-17-30)42(40,33-10-6-3-7-11-33)37-26-18-31(38)19-27-37/h2-27H,1H3. The van der Waals surface area contributed by atoms with E-state index in [1.807, 2.05) is 165 Å². The molecule has 2 atom stereocenters. The van der Waals surface area contributed by atoms with Crippen LogP contribution in [0.4, 0.5) is 0 Å². The van der Waals surface area contributed by atoms with Crippen LogP contribution >= 0.6 is 36.9 Å². The molecule has 0 radical (unpaired) electrons. The Balaban J connectivity index is 1.37. The number of rotatable bonds is 7. The second kappa shape index (κ2) is 12.0. The van der Waals surface area contributed by atoms with Crippen molar-refractivity contribution in [2.45, 2.75) is 6.92 Å². The van der Waals surface area contributed by atoms with Gasteiger partial charge in [-0.25, -0.2) is 0 Å². The van der Waals surface area contributed by atoms with Gasteiger partial charge in [0.25, 0.3) is 0 Å². The molecule has 5 heteroatoms. The van der Waals surface area contributed by atoms with Crippen molar-refractivity contribution in [3.05, 3.63) is 167 Å². The van der Waals surface area contributed by atoms with Gasteiger partial charge in [-0.15, -0.1) is 0 Å². The molecule has 0 aliphatic rings. The normalized spacial score (nSPS) is 14.0. The molecule has 0 spiro atoms. The van der Waals surface area contributed by atoms with Crippen LogP contribution in [0, 0.1) is 10.5 Å². The van der Waals surface area contributed by atoms with Crippen LogP contribution in [0.3, 0.4) is 0 Å². The first kappa shape index (κ1) is 28.6. The minimum atomic E-state index is -3.05. The van der Waals surface area contributed by atoms with Crippen molar-refractivity contribution >= 4 is 68.7 Å². The molecular formula is C37H29IO2P2. The minimum absolute atomic E-state index is 0.795. The van der Waals surface area contributed by atoms with E-state index < -0.39 is 14.3 Å². The largest absolute Gasteiger partial charge is 0.309 e. The molecule has 2 unspecified atom stereocenters. The first-order valence-electron chi connectivity index (χ1n) is 13.8. The molecule has 0 aliphatic carbocycles. The lowest BCUT2D eigenvalue weighted by Gasteiger charge is -2.21. The summed E-state index contributed by atoms with van der Waals surface area (Å²) in [6.45, 7) is 2.04. The smallest absolute Gasteiger partial charge is 0.171 e. The molecule has 2 nitrogen and oxygen atoms in total. The summed E-state index contributed by atoms with van der Waals surface area (Å²) in [4.78, 5) is 0. The molecule has 6 aromatic rings. The first-order valence-corrected chi connectivity index (χ1v) is 18.2. The molecule has 0 bridgehead atoms. The first-order chi connectivity index (χ1) is 20.4. The summed E-state index contributed by atoms with van der Waals surface area (Å²) in [6.07, 6.45) is 0. The van der Waals surface area contributed by atoms with Crippen LogP contribution in [0.1, 0.15) is 5.56 Å². The minimum Gasteiger partial charge on any atom is -0.309 e. The molecule has 0 fully saturated rings. The van der Waals surface area contributed by atoms with E-state index in [0.29, 0.717) is 0 Å². The van der Waals surface area contributed by atoms with Gasteiger partial charge in [0.2, 0.25) is 0 Å². The fourth-order valence-electron chi connectivity index (χ4n) is 5.30. The van der Waals surface area contributed by atoms with Gasteiger partial charge in [-0.05, 0) is 64.9 Å². The highest BCUT2D eigenvalue weighted by Gasteiger charge is 2.31. The highest BCUT2D eigenvalue weighted by Crippen LogP contribution is 2.44. The average Bonchev–Trinajstić information content (AvgIpc) is 3.06. The molecule has 6 rings (SSSR count). The van der Waals surface area contributed by atoms with Crippen LogP contribution in [0.2, 0.25) is 0 Å². The Morgan fingerprint density at radius 2 is 0.667 bits per heavy atom. The second-order valence-corrected chi connectivity index (χ2v) is 17.1. The van der Waals surface area contributed by atoms with Crippen LogP contribution in [0.15, 0.2) is 158 Å². The molecule has 0 aromatic heterocycles. The van der Waals surface area contributed by atoms with Crippen molar-refractivity contribution < 1.29 is 9.13 Å². The topological polar surface area (TPSA) is 34.1 Å². The third kappa shape index (κ3) is 5.38. The van der Waals surface area contributed by atoms with Crippen molar-refractivity contribution in [2.24, 2.45) is 0 Å². The van der Waals surface area contributed by atoms with Crippen molar-refractivity contribution in [3.63, 3.8) is 0 Å². The van der Waals surface area contributed by atoms with Gasteiger partial charge < -0.3 is 9.13 Å². The molecule has 0 saturated carbocycles. The Kier molecular flexibility index (Phi) is 8.19. The lowest BCUT2D eigenvalue weighted by molar-refractivity contribution is 0.591. The molecule has 206 valence electrons. The van der Waals surface area contributed by atoms with Crippen LogP contribution < -0.4 is 31.8 Å². The highest BCUT2D eigenvalue weighted by atomic mass is 127. The average molecular weight is 694 g/mol. The Morgan fingerprint density at radius 1 is 0.381 bits per heavy atom. The number of benzene rings is 6. The Morgan fingerprint density at radius 3 is 1.02 bits per heavy atom. The molecule has 0 heterocycles. The van der Waals surface area contributed by atoms with E-state index >= 15 is 0 Å². The summed E-state index contributed by atoms with van der Waals surface area (Å²) in [5, 5.41) is 4.87. The maximum Gasteiger partial charge on any atom is 0.171 e.